The molecule has 0 aromatic carbocycles. The molecular formula is C12H25N3O4. The number of amides is 2. The van der Waals surface area contributed by atoms with Crippen molar-refractivity contribution in [2.75, 3.05) is 40.3 Å². The summed E-state index contributed by atoms with van der Waals surface area (Å²) in [5.74, 6) is -1.27. The van der Waals surface area contributed by atoms with Crippen LogP contribution in [0.25, 0.3) is 0 Å². The van der Waals surface area contributed by atoms with Crippen LogP contribution in [-0.2, 0) is 4.79 Å². The summed E-state index contributed by atoms with van der Waals surface area (Å²) in [6.07, 6.45) is -0.561. The third-order valence-corrected chi connectivity index (χ3v) is 2.58. The molecule has 0 aliphatic heterocycles. The van der Waals surface area contributed by atoms with Crippen LogP contribution < -0.4 is 5.32 Å². The zero-order chi connectivity index (χ0) is 14.8. The van der Waals surface area contributed by atoms with E-state index in [2.05, 4.69) is 5.32 Å². The summed E-state index contributed by atoms with van der Waals surface area (Å²) >= 11 is 0. The van der Waals surface area contributed by atoms with Crippen LogP contribution in [0, 0.1) is 0 Å². The third kappa shape index (κ3) is 8.39. The fourth-order valence-electron chi connectivity index (χ4n) is 1.46. The molecule has 0 fully saturated rings. The fraction of sp³-hybridized carbons (Fsp3) is 0.833. The van der Waals surface area contributed by atoms with Crippen LogP contribution in [0.4, 0.5) is 4.79 Å². The number of carbonyl (C=O) groups is 2. The summed E-state index contributed by atoms with van der Waals surface area (Å²) in [6.45, 7) is 4.18. The lowest BCUT2D eigenvalue weighted by molar-refractivity contribution is -0.146. The molecule has 0 saturated carbocycles. The van der Waals surface area contributed by atoms with Crippen LogP contribution in [0.15, 0.2) is 0 Å². The second-order valence-electron chi connectivity index (χ2n) is 4.66. The van der Waals surface area contributed by atoms with Gasteiger partial charge in [-0.2, -0.15) is 0 Å². The standard InChI is InChI=1S/C12H25N3O4/c1-4-7-15(9-8-14(2)3)12(19)13-6-5-10(16)11(17)18/h10,16H,4-9H2,1-3H3,(H,13,19)(H,17,18)/t10-/m0/s1. The Morgan fingerprint density at radius 3 is 2.32 bits per heavy atom. The number of aliphatic hydroxyl groups excluding tert-OH is 1. The molecule has 2 amide bonds. The Kier molecular flexibility index (Phi) is 8.90. The van der Waals surface area contributed by atoms with Gasteiger partial charge in [0.05, 0.1) is 0 Å². The lowest BCUT2D eigenvalue weighted by Crippen LogP contribution is -2.44. The van der Waals surface area contributed by atoms with Crippen molar-refractivity contribution in [3.8, 4) is 0 Å². The van der Waals surface area contributed by atoms with Crippen molar-refractivity contribution < 1.29 is 19.8 Å². The van der Waals surface area contributed by atoms with Gasteiger partial charge in [-0.25, -0.2) is 9.59 Å². The zero-order valence-corrected chi connectivity index (χ0v) is 11.9. The van der Waals surface area contributed by atoms with Gasteiger partial charge < -0.3 is 25.3 Å². The van der Waals surface area contributed by atoms with Crippen LogP contribution >= 0.6 is 0 Å². The molecule has 0 heterocycles. The number of likely N-dealkylation sites (N-methyl/N-ethyl adjacent to an activating group) is 1. The number of rotatable bonds is 9. The van der Waals surface area contributed by atoms with Gasteiger partial charge in [0.15, 0.2) is 6.10 Å². The number of carbonyl (C=O) groups excluding carboxylic acids is 1. The number of aliphatic hydroxyl groups is 1. The maximum atomic E-state index is 11.9. The van der Waals surface area contributed by atoms with Gasteiger partial charge in [0.1, 0.15) is 0 Å². The van der Waals surface area contributed by atoms with E-state index in [1.54, 1.807) is 4.90 Å². The van der Waals surface area contributed by atoms with Gasteiger partial charge >= 0.3 is 12.0 Å². The van der Waals surface area contributed by atoms with E-state index in [4.69, 9.17) is 10.2 Å². The van der Waals surface area contributed by atoms with Crippen molar-refractivity contribution in [3.05, 3.63) is 0 Å². The minimum atomic E-state index is -1.43. The summed E-state index contributed by atoms with van der Waals surface area (Å²) < 4.78 is 0. The number of aliphatic carboxylic acids is 1. The minimum absolute atomic E-state index is 0.00865. The molecule has 19 heavy (non-hydrogen) atoms. The van der Waals surface area contributed by atoms with Crippen LogP contribution in [0.5, 0.6) is 0 Å². The molecule has 0 unspecified atom stereocenters. The summed E-state index contributed by atoms with van der Waals surface area (Å²) in [5.41, 5.74) is 0. The Labute approximate surface area is 114 Å². The van der Waals surface area contributed by atoms with Crippen LogP contribution in [0.3, 0.4) is 0 Å². The molecule has 7 nitrogen and oxygen atoms in total. The average Bonchev–Trinajstić information content (AvgIpc) is 2.33. The first kappa shape index (κ1) is 17.7. The monoisotopic (exact) mass is 275 g/mol. The molecule has 3 N–H and O–H groups in total. The average molecular weight is 275 g/mol. The number of hydrogen-bond donors (Lipinski definition) is 3. The molecule has 7 heteroatoms. The zero-order valence-electron chi connectivity index (χ0n) is 11.9. The number of hydrogen-bond acceptors (Lipinski definition) is 4. The van der Waals surface area contributed by atoms with Gasteiger partial charge in [-0.05, 0) is 20.5 Å². The summed E-state index contributed by atoms with van der Waals surface area (Å²) in [4.78, 5) is 26.0. The van der Waals surface area contributed by atoms with Crippen molar-refractivity contribution in [1.29, 1.82) is 0 Å². The minimum Gasteiger partial charge on any atom is -0.479 e. The lowest BCUT2D eigenvalue weighted by Gasteiger charge is -2.24. The van der Waals surface area contributed by atoms with Crippen molar-refractivity contribution in [1.82, 2.24) is 15.1 Å². The Hall–Kier alpha value is -1.34. The van der Waals surface area contributed by atoms with E-state index >= 15 is 0 Å². The molecular weight excluding hydrogens is 250 g/mol. The van der Waals surface area contributed by atoms with E-state index in [9.17, 15) is 9.59 Å². The Bertz CT molecular complexity index is 284. The topological polar surface area (TPSA) is 93.1 Å². The quantitative estimate of drug-likeness (QED) is 0.542. The number of carboxylic acids is 1. The SMILES string of the molecule is CCCN(CCN(C)C)C(=O)NCC[C@H](O)C(=O)O. The van der Waals surface area contributed by atoms with Gasteiger partial charge in [-0.1, -0.05) is 6.92 Å². The first-order valence-corrected chi connectivity index (χ1v) is 6.46. The maximum absolute atomic E-state index is 11.9. The lowest BCUT2D eigenvalue weighted by atomic mass is 10.2. The van der Waals surface area contributed by atoms with E-state index in [0.29, 0.717) is 13.1 Å². The first-order valence-electron chi connectivity index (χ1n) is 6.46. The Morgan fingerprint density at radius 1 is 1.21 bits per heavy atom. The van der Waals surface area contributed by atoms with Crippen molar-refractivity contribution >= 4 is 12.0 Å². The molecule has 112 valence electrons. The Balaban J connectivity index is 4.06. The van der Waals surface area contributed by atoms with Gasteiger partial charge in [0.2, 0.25) is 0 Å². The summed E-state index contributed by atoms with van der Waals surface area (Å²) in [5, 5.41) is 20.2. The van der Waals surface area contributed by atoms with Crippen LogP contribution in [-0.4, -0.2) is 78.4 Å². The molecule has 0 rings (SSSR count). The molecule has 0 saturated heterocycles. The second-order valence-corrected chi connectivity index (χ2v) is 4.66. The van der Waals surface area contributed by atoms with Crippen LogP contribution in [0.1, 0.15) is 19.8 Å². The van der Waals surface area contributed by atoms with E-state index in [1.165, 1.54) is 0 Å². The molecule has 0 aliphatic carbocycles. The summed E-state index contributed by atoms with van der Waals surface area (Å²) in [6, 6.07) is -0.221. The number of nitrogens with zero attached hydrogens (tertiary/aromatic N) is 2. The largest absolute Gasteiger partial charge is 0.479 e. The molecule has 0 spiro atoms. The summed E-state index contributed by atoms with van der Waals surface area (Å²) in [7, 11) is 3.87. The van der Waals surface area contributed by atoms with Crippen LogP contribution in [0.2, 0.25) is 0 Å². The highest BCUT2D eigenvalue weighted by Crippen LogP contribution is 1.95. The van der Waals surface area contributed by atoms with Crippen molar-refractivity contribution in [2.45, 2.75) is 25.9 Å². The highest BCUT2D eigenvalue weighted by molar-refractivity contribution is 5.74. The van der Waals surface area contributed by atoms with Crippen molar-refractivity contribution in [3.63, 3.8) is 0 Å². The van der Waals surface area contributed by atoms with Gasteiger partial charge in [0, 0.05) is 32.6 Å². The van der Waals surface area contributed by atoms with E-state index in [-0.39, 0.29) is 19.0 Å². The first-order chi connectivity index (χ1) is 8.88. The van der Waals surface area contributed by atoms with E-state index < -0.39 is 12.1 Å². The van der Waals surface area contributed by atoms with E-state index in [1.807, 2.05) is 25.9 Å². The number of nitrogens with one attached hydrogen (secondary N) is 1. The van der Waals surface area contributed by atoms with E-state index in [0.717, 1.165) is 13.0 Å². The number of carboxylic acid groups (broad SMARTS) is 1. The van der Waals surface area contributed by atoms with Gasteiger partial charge in [-0.15, -0.1) is 0 Å². The molecule has 0 aliphatic rings. The number of urea groups is 1. The molecule has 0 bridgehead atoms. The maximum Gasteiger partial charge on any atom is 0.332 e. The fourth-order valence-corrected chi connectivity index (χ4v) is 1.46. The normalized spacial score (nSPS) is 12.3. The molecule has 0 radical (unpaired) electrons. The highest BCUT2D eigenvalue weighted by Gasteiger charge is 2.15. The predicted octanol–water partition coefficient (Wildman–Crippen LogP) is -0.195. The molecule has 1 atom stereocenters. The molecule has 0 aromatic rings. The smallest absolute Gasteiger partial charge is 0.332 e. The second kappa shape index (κ2) is 9.57. The Morgan fingerprint density at radius 2 is 1.84 bits per heavy atom. The van der Waals surface area contributed by atoms with Gasteiger partial charge in [-0.3, -0.25) is 0 Å². The molecule has 0 aromatic heterocycles. The highest BCUT2D eigenvalue weighted by atomic mass is 16.4. The van der Waals surface area contributed by atoms with Gasteiger partial charge in [0.25, 0.3) is 0 Å². The predicted molar refractivity (Wildman–Crippen MR) is 72.1 cm³/mol. The third-order valence-electron chi connectivity index (χ3n) is 2.58. The van der Waals surface area contributed by atoms with Crippen molar-refractivity contribution in [2.24, 2.45) is 0 Å².